The van der Waals surface area contributed by atoms with Crippen LogP contribution in [0.2, 0.25) is 0 Å². The monoisotopic (exact) mass is 233 g/mol. The first-order valence-electron chi connectivity index (χ1n) is 5.39. The van der Waals surface area contributed by atoms with Gasteiger partial charge in [0, 0.05) is 11.4 Å². The van der Waals surface area contributed by atoms with Crippen LogP contribution in [0.1, 0.15) is 34.1 Å². The number of rotatable bonds is 8. The van der Waals surface area contributed by atoms with Gasteiger partial charge in [0.15, 0.2) is 0 Å². The van der Waals surface area contributed by atoms with Crippen LogP contribution in [0.3, 0.4) is 0 Å². The molecule has 0 aliphatic heterocycles. The summed E-state index contributed by atoms with van der Waals surface area (Å²) in [5.74, 6) is -1.01. The summed E-state index contributed by atoms with van der Waals surface area (Å²) in [7, 11) is 0. The molecule has 0 aromatic heterocycles. The van der Waals surface area contributed by atoms with Crippen LogP contribution in [-0.4, -0.2) is 30.4 Å². The molecule has 5 nitrogen and oxygen atoms in total. The first-order valence-corrected chi connectivity index (χ1v) is 5.39. The lowest BCUT2D eigenvalue weighted by molar-refractivity contribution is -0.342. The highest BCUT2D eigenvalue weighted by Gasteiger charge is 2.20. The van der Waals surface area contributed by atoms with Gasteiger partial charge in [-0.2, -0.15) is 0 Å². The smallest absolute Gasteiger partial charge is 0.0925 e. The lowest BCUT2D eigenvalue weighted by Gasteiger charge is -2.24. The van der Waals surface area contributed by atoms with Crippen molar-refractivity contribution in [2.24, 2.45) is 11.3 Å². The number of carboxylic acids is 1. The molecular weight excluding hydrogens is 212 g/mol. The number of carbonyl (C=O) groups excluding carboxylic acids is 1. The molecule has 0 spiro atoms. The van der Waals surface area contributed by atoms with Crippen molar-refractivity contribution in [2.75, 3.05) is 13.2 Å². The minimum atomic E-state index is -1.17. The Balaban J connectivity index is 3.64. The van der Waals surface area contributed by atoms with E-state index in [0.29, 0.717) is 13.0 Å². The van der Waals surface area contributed by atoms with Gasteiger partial charge in [-0.15, -0.1) is 0 Å². The zero-order valence-corrected chi connectivity index (χ0v) is 10.4. The van der Waals surface area contributed by atoms with Crippen LogP contribution in [-0.2, 0) is 14.6 Å². The lowest BCUT2D eigenvalue weighted by Crippen LogP contribution is -2.41. The highest BCUT2D eigenvalue weighted by molar-refractivity contribution is 5.71. The molecule has 0 rings (SSSR count). The van der Waals surface area contributed by atoms with Gasteiger partial charge in [-0.1, -0.05) is 20.8 Å². The molecule has 0 saturated carbocycles. The van der Waals surface area contributed by atoms with E-state index in [9.17, 15) is 9.90 Å². The minimum Gasteiger partial charge on any atom is -0.549 e. The van der Waals surface area contributed by atoms with Crippen LogP contribution >= 0.6 is 0 Å². The summed E-state index contributed by atoms with van der Waals surface area (Å²) in [6, 6.07) is 0. The Morgan fingerprint density at radius 1 is 1.38 bits per heavy atom. The van der Waals surface area contributed by atoms with Crippen molar-refractivity contribution >= 4 is 5.97 Å². The fraction of sp³-hybridized carbons (Fsp3) is 0.909. The molecule has 0 aliphatic rings. The van der Waals surface area contributed by atoms with E-state index in [2.05, 4.69) is 0 Å². The fourth-order valence-corrected chi connectivity index (χ4v) is 1.06. The van der Waals surface area contributed by atoms with Crippen LogP contribution in [0.25, 0.3) is 0 Å². The largest absolute Gasteiger partial charge is 0.549 e. The molecule has 1 N–H and O–H groups in total. The summed E-state index contributed by atoms with van der Waals surface area (Å²) < 4.78 is 0. The molecule has 2 unspecified atom stereocenters. The fourth-order valence-electron chi connectivity index (χ4n) is 1.06. The maximum atomic E-state index is 10.6. The van der Waals surface area contributed by atoms with E-state index in [1.165, 1.54) is 13.8 Å². The first kappa shape index (κ1) is 15.3. The van der Waals surface area contributed by atoms with Gasteiger partial charge in [0.05, 0.1) is 19.3 Å². The van der Waals surface area contributed by atoms with Crippen molar-refractivity contribution in [2.45, 2.75) is 40.2 Å². The van der Waals surface area contributed by atoms with Gasteiger partial charge in [0.1, 0.15) is 0 Å². The molecule has 0 radical (unpaired) electrons. The van der Waals surface area contributed by atoms with E-state index in [0.717, 1.165) is 0 Å². The molecule has 0 aliphatic carbocycles. The maximum absolute atomic E-state index is 10.6. The molecule has 2 atom stereocenters. The number of hydrogen-bond donors (Lipinski definition) is 1. The summed E-state index contributed by atoms with van der Waals surface area (Å²) in [5, 5.41) is 19.7. The molecule has 0 heterocycles. The zero-order chi connectivity index (χ0) is 12.8. The third-order valence-corrected chi connectivity index (χ3v) is 2.15. The number of aliphatic carboxylic acids is 1. The Hall–Kier alpha value is -0.650. The average Bonchev–Trinajstić information content (AvgIpc) is 2.11. The molecule has 0 aromatic rings. The van der Waals surface area contributed by atoms with Gasteiger partial charge in [-0.3, -0.25) is 0 Å². The number of carboxylic acid groups (broad SMARTS) is 1. The van der Waals surface area contributed by atoms with Crippen molar-refractivity contribution in [3.05, 3.63) is 0 Å². The zero-order valence-electron chi connectivity index (χ0n) is 10.4. The number of aliphatic hydroxyl groups is 1. The second-order valence-electron chi connectivity index (χ2n) is 4.91. The van der Waals surface area contributed by atoms with E-state index >= 15 is 0 Å². The van der Waals surface area contributed by atoms with E-state index in [4.69, 9.17) is 14.9 Å². The molecule has 0 saturated heterocycles. The van der Waals surface area contributed by atoms with Gasteiger partial charge in [0.25, 0.3) is 0 Å². The van der Waals surface area contributed by atoms with Crippen LogP contribution in [0, 0.1) is 11.3 Å². The van der Waals surface area contributed by atoms with Gasteiger partial charge >= 0.3 is 0 Å². The third kappa shape index (κ3) is 6.76. The number of hydrogen-bond acceptors (Lipinski definition) is 5. The maximum Gasteiger partial charge on any atom is 0.0925 e. The van der Waals surface area contributed by atoms with Crippen molar-refractivity contribution < 1.29 is 24.8 Å². The normalized spacial score (nSPS) is 15.8. The second-order valence-corrected chi connectivity index (χ2v) is 4.91. The predicted molar refractivity (Wildman–Crippen MR) is 56.2 cm³/mol. The number of carbonyl (C=O) groups is 1. The first-order chi connectivity index (χ1) is 7.25. The van der Waals surface area contributed by atoms with E-state index in [1.807, 2.05) is 6.92 Å². The SMILES string of the molecule is CC(O)CC(C)COOCC(C)(C)C(=O)[O-]. The van der Waals surface area contributed by atoms with Gasteiger partial charge in [-0.25, -0.2) is 9.78 Å². The van der Waals surface area contributed by atoms with Crippen molar-refractivity contribution in [1.82, 2.24) is 0 Å². The molecule has 5 heteroatoms. The third-order valence-electron chi connectivity index (χ3n) is 2.15. The van der Waals surface area contributed by atoms with Crippen LogP contribution in [0.5, 0.6) is 0 Å². The average molecular weight is 233 g/mol. The highest BCUT2D eigenvalue weighted by atomic mass is 17.2. The minimum absolute atomic E-state index is 0.0588. The standard InChI is InChI=1S/C11H22O5/c1-8(5-9(2)12)6-15-16-7-11(3,4)10(13)14/h8-9,12H,5-7H2,1-4H3,(H,13,14)/p-1. The predicted octanol–water partition coefficient (Wildman–Crippen LogP) is 0.118. The summed E-state index contributed by atoms with van der Waals surface area (Å²) in [6.07, 6.45) is 0.242. The topological polar surface area (TPSA) is 78.8 Å². The molecule has 0 aromatic carbocycles. The molecule has 0 amide bonds. The lowest BCUT2D eigenvalue weighted by atomic mass is 9.96. The summed E-state index contributed by atoms with van der Waals surface area (Å²) >= 11 is 0. The summed E-state index contributed by atoms with van der Waals surface area (Å²) in [6.45, 7) is 6.90. The van der Waals surface area contributed by atoms with Gasteiger partial charge < -0.3 is 15.0 Å². The van der Waals surface area contributed by atoms with Crippen LogP contribution < -0.4 is 5.11 Å². The second kappa shape index (κ2) is 6.83. The summed E-state index contributed by atoms with van der Waals surface area (Å²) in [4.78, 5) is 20.3. The molecular formula is C11H21O5-. The quantitative estimate of drug-likeness (QED) is 0.366. The van der Waals surface area contributed by atoms with Crippen molar-refractivity contribution in [3.63, 3.8) is 0 Å². The van der Waals surface area contributed by atoms with Crippen molar-refractivity contribution in [3.8, 4) is 0 Å². The van der Waals surface area contributed by atoms with Gasteiger partial charge in [0.2, 0.25) is 0 Å². The molecule has 0 bridgehead atoms. The molecule has 0 fully saturated rings. The van der Waals surface area contributed by atoms with Gasteiger partial charge in [-0.05, 0) is 19.3 Å². The Bertz CT molecular complexity index is 212. The van der Waals surface area contributed by atoms with Crippen LogP contribution in [0.4, 0.5) is 0 Å². The molecule has 16 heavy (non-hydrogen) atoms. The number of aliphatic hydroxyl groups excluding tert-OH is 1. The Morgan fingerprint density at radius 3 is 2.38 bits per heavy atom. The van der Waals surface area contributed by atoms with E-state index in [-0.39, 0.29) is 18.6 Å². The van der Waals surface area contributed by atoms with E-state index in [1.54, 1.807) is 6.92 Å². The van der Waals surface area contributed by atoms with Crippen molar-refractivity contribution in [1.29, 1.82) is 0 Å². The Labute approximate surface area is 96.3 Å². The highest BCUT2D eigenvalue weighted by Crippen LogP contribution is 2.14. The van der Waals surface area contributed by atoms with E-state index < -0.39 is 11.4 Å². The Kier molecular flexibility index (Phi) is 6.55. The summed E-state index contributed by atoms with van der Waals surface area (Å²) in [5.41, 5.74) is -1.06. The van der Waals surface area contributed by atoms with Crippen LogP contribution in [0.15, 0.2) is 0 Å². The molecule has 96 valence electrons. The Morgan fingerprint density at radius 2 is 1.94 bits per heavy atom.